The fourth-order valence-corrected chi connectivity index (χ4v) is 2.57. The van der Waals surface area contributed by atoms with Gasteiger partial charge >= 0.3 is 0 Å². The van der Waals surface area contributed by atoms with Gasteiger partial charge in [0, 0.05) is 38.3 Å². The van der Waals surface area contributed by atoms with Crippen LogP contribution in [0.25, 0.3) is 0 Å². The van der Waals surface area contributed by atoms with Crippen LogP contribution in [0.15, 0.2) is 54.6 Å². The average Bonchev–Trinajstić information content (AvgIpc) is 2.59. The lowest BCUT2D eigenvalue weighted by Gasteiger charge is -2.22. The molecular weight excluding hydrogens is 330 g/mol. The first-order valence-electron chi connectivity index (χ1n) is 8.42. The Hall–Kier alpha value is -3.15. The third-order valence-electron chi connectivity index (χ3n) is 3.72. The Morgan fingerprint density at radius 1 is 0.962 bits per heavy atom. The van der Waals surface area contributed by atoms with Gasteiger partial charge in [-0.15, -0.1) is 0 Å². The topological polar surface area (TPSA) is 78.5 Å². The van der Waals surface area contributed by atoms with E-state index in [0.29, 0.717) is 30.9 Å². The van der Waals surface area contributed by atoms with Crippen LogP contribution in [0.4, 0.5) is 11.4 Å². The van der Waals surface area contributed by atoms with Crippen LogP contribution in [0.3, 0.4) is 0 Å². The standard InChI is InChI=1S/C20H23N3O3/c1-15(24)22-18-9-6-10-19(14-18)23(16(2)25)12-11-21-20(26)13-17-7-4-3-5-8-17/h3-10,14H,11-13H2,1-2H3,(H,21,26)(H,22,24). The quantitative estimate of drug-likeness (QED) is 0.802. The summed E-state index contributed by atoms with van der Waals surface area (Å²) in [7, 11) is 0. The Morgan fingerprint density at radius 3 is 2.35 bits per heavy atom. The zero-order valence-corrected chi connectivity index (χ0v) is 15.0. The van der Waals surface area contributed by atoms with Crippen molar-refractivity contribution in [1.29, 1.82) is 0 Å². The number of amides is 3. The second-order valence-electron chi connectivity index (χ2n) is 5.91. The summed E-state index contributed by atoms with van der Waals surface area (Å²) in [6.07, 6.45) is 0.304. The molecule has 0 unspecified atom stereocenters. The first-order chi connectivity index (χ1) is 12.5. The number of anilines is 2. The minimum Gasteiger partial charge on any atom is -0.354 e. The van der Waals surface area contributed by atoms with Gasteiger partial charge in [0.15, 0.2) is 0 Å². The molecule has 2 aromatic carbocycles. The third-order valence-corrected chi connectivity index (χ3v) is 3.72. The Kier molecular flexibility index (Phi) is 6.91. The van der Waals surface area contributed by atoms with Gasteiger partial charge < -0.3 is 15.5 Å². The van der Waals surface area contributed by atoms with Gasteiger partial charge in [-0.25, -0.2) is 0 Å². The molecule has 0 saturated heterocycles. The lowest BCUT2D eigenvalue weighted by molar-refractivity contribution is -0.121. The summed E-state index contributed by atoms with van der Waals surface area (Å²) in [4.78, 5) is 36.7. The summed E-state index contributed by atoms with van der Waals surface area (Å²) < 4.78 is 0. The SMILES string of the molecule is CC(=O)Nc1cccc(N(CCNC(=O)Cc2ccccc2)C(C)=O)c1. The molecule has 136 valence electrons. The minimum absolute atomic E-state index is 0.0910. The van der Waals surface area contributed by atoms with E-state index in [1.165, 1.54) is 13.8 Å². The molecule has 0 fully saturated rings. The van der Waals surface area contributed by atoms with Gasteiger partial charge in [0.1, 0.15) is 0 Å². The van der Waals surface area contributed by atoms with E-state index in [9.17, 15) is 14.4 Å². The molecule has 0 aliphatic rings. The summed E-state index contributed by atoms with van der Waals surface area (Å²) in [5.74, 6) is -0.404. The molecule has 0 radical (unpaired) electrons. The predicted molar refractivity (Wildman–Crippen MR) is 102 cm³/mol. The maximum atomic E-state index is 12.0. The predicted octanol–water partition coefficient (Wildman–Crippen LogP) is 2.36. The largest absolute Gasteiger partial charge is 0.354 e. The van der Waals surface area contributed by atoms with Crippen LogP contribution in [-0.4, -0.2) is 30.8 Å². The molecule has 0 bridgehead atoms. The normalized spacial score (nSPS) is 10.1. The second-order valence-corrected chi connectivity index (χ2v) is 5.91. The van der Waals surface area contributed by atoms with Crippen molar-refractivity contribution in [3.63, 3.8) is 0 Å². The lowest BCUT2D eigenvalue weighted by Crippen LogP contribution is -2.38. The molecular formula is C20H23N3O3. The molecule has 0 saturated carbocycles. The number of hydrogen-bond acceptors (Lipinski definition) is 3. The number of nitrogens with zero attached hydrogens (tertiary/aromatic N) is 1. The zero-order valence-electron chi connectivity index (χ0n) is 15.0. The van der Waals surface area contributed by atoms with Crippen molar-refractivity contribution in [3.8, 4) is 0 Å². The Morgan fingerprint density at radius 2 is 1.69 bits per heavy atom. The van der Waals surface area contributed by atoms with E-state index >= 15 is 0 Å². The van der Waals surface area contributed by atoms with Crippen LogP contribution >= 0.6 is 0 Å². The average molecular weight is 353 g/mol. The molecule has 2 aromatic rings. The molecule has 26 heavy (non-hydrogen) atoms. The maximum Gasteiger partial charge on any atom is 0.224 e. The molecule has 0 aromatic heterocycles. The van der Waals surface area contributed by atoms with Crippen LogP contribution in [0.2, 0.25) is 0 Å². The van der Waals surface area contributed by atoms with Gasteiger partial charge in [0.25, 0.3) is 0 Å². The van der Waals surface area contributed by atoms with Crippen LogP contribution in [0.5, 0.6) is 0 Å². The van der Waals surface area contributed by atoms with E-state index < -0.39 is 0 Å². The van der Waals surface area contributed by atoms with Gasteiger partial charge in [-0.1, -0.05) is 36.4 Å². The van der Waals surface area contributed by atoms with Crippen molar-refractivity contribution in [2.75, 3.05) is 23.3 Å². The Balaban J connectivity index is 1.93. The number of carbonyl (C=O) groups excluding carboxylic acids is 3. The first-order valence-corrected chi connectivity index (χ1v) is 8.42. The van der Waals surface area contributed by atoms with Crippen molar-refractivity contribution in [2.24, 2.45) is 0 Å². The van der Waals surface area contributed by atoms with Crippen molar-refractivity contribution >= 4 is 29.1 Å². The number of benzene rings is 2. The molecule has 3 amide bonds. The molecule has 2 rings (SSSR count). The minimum atomic E-state index is -0.176. The summed E-state index contributed by atoms with van der Waals surface area (Å²) in [5, 5.41) is 5.52. The summed E-state index contributed by atoms with van der Waals surface area (Å²) in [6.45, 7) is 3.59. The van der Waals surface area contributed by atoms with E-state index in [4.69, 9.17) is 0 Å². The van der Waals surface area contributed by atoms with Gasteiger partial charge in [-0.05, 0) is 23.8 Å². The van der Waals surface area contributed by atoms with Crippen LogP contribution in [-0.2, 0) is 20.8 Å². The molecule has 0 heterocycles. The Bertz CT molecular complexity index is 775. The molecule has 2 N–H and O–H groups in total. The highest BCUT2D eigenvalue weighted by atomic mass is 16.2. The zero-order chi connectivity index (χ0) is 18.9. The monoisotopic (exact) mass is 353 g/mol. The molecule has 0 spiro atoms. The van der Waals surface area contributed by atoms with Crippen LogP contribution < -0.4 is 15.5 Å². The van der Waals surface area contributed by atoms with E-state index in [2.05, 4.69) is 10.6 Å². The van der Waals surface area contributed by atoms with E-state index in [1.807, 2.05) is 30.3 Å². The molecule has 6 nitrogen and oxygen atoms in total. The van der Waals surface area contributed by atoms with Crippen molar-refractivity contribution in [3.05, 3.63) is 60.2 Å². The van der Waals surface area contributed by atoms with Crippen molar-refractivity contribution < 1.29 is 14.4 Å². The van der Waals surface area contributed by atoms with Crippen molar-refractivity contribution in [2.45, 2.75) is 20.3 Å². The summed E-state index contributed by atoms with van der Waals surface area (Å²) >= 11 is 0. The van der Waals surface area contributed by atoms with Crippen molar-refractivity contribution in [1.82, 2.24) is 5.32 Å². The maximum absolute atomic E-state index is 12.0. The molecule has 0 atom stereocenters. The highest BCUT2D eigenvalue weighted by Crippen LogP contribution is 2.19. The van der Waals surface area contributed by atoms with Crippen LogP contribution in [0.1, 0.15) is 19.4 Å². The van der Waals surface area contributed by atoms with Gasteiger partial charge in [0.05, 0.1) is 6.42 Å². The fraction of sp³-hybridized carbons (Fsp3) is 0.250. The van der Waals surface area contributed by atoms with E-state index in [1.54, 1.807) is 29.2 Å². The van der Waals surface area contributed by atoms with E-state index in [-0.39, 0.29) is 17.7 Å². The van der Waals surface area contributed by atoms with Gasteiger partial charge in [-0.3, -0.25) is 14.4 Å². The van der Waals surface area contributed by atoms with Gasteiger partial charge in [-0.2, -0.15) is 0 Å². The number of rotatable bonds is 7. The highest BCUT2D eigenvalue weighted by molar-refractivity contribution is 5.94. The summed E-state index contributed by atoms with van der Waals surface area (Å²) in [6, 6.07) is 16.5. The van der Waals surface area contributed by atoms with E-state index in [0.717, 1.165) is 5.56 Å². The second kappa shape index (κ2) is 9.36. The molecule has 0 aliphatic carbocycles. The first kappa shape index (κ1) is 19.2. The molecule has 0 aliphatic heterocycles. The smallest absolute Gasteiger partial charge is 0.224 e. The summed E-state index contributed by atoms with van der Waals surface area (Å²) in [5.41, 5.74) is 2.23. The lowest BCUT2D eigenvalue weighted by atomic mass is 10.1. The fourth-order valence-electron chi connectivity index (χ4n) is 2.57. The highest BCUT2D eigenvalue weighted by Gasteiger charge is 2.12. The number of nitrogens with one attached hydrogen (secondary N) is 2. The Labute approximate surface area is 153 Å². The van der Waals surface area contributed by atoms with Crippen LogP contribution in [0, 0.1) is 0 Å². The molecule has 6 heteroatoms. The number of carbonyl (C=O) groups is 3. The number of hydrogen-bond donors (Lipinski definition) is 2. The van der Waals surface area contributed by atoms with Gasteiger partial charge in [0.2, 0.25) is 17.7 Å². The third kappa shape index (κ3) is 6.05.